The van der Waals surface area contributed by atoms with E-state index in [2.05, 4.69) is 10.3 Å². The molecule has 0 aliphatic heterocycles. The molecule has 0 radical (unpaired) electrons. The molecule has 0 atom stereocenters. The topological polar surface area (TPSA) is 77.5 Å². The molecule has 0 saturated carbocycles. The Labute approximate surface area is 161 Å². The fourth-order valence-electron chi connectivity index (χ4n) is 2.44. The molecule has 27 heavy (non-hydrogen) atoms. The second-order valence-electron chi connectivity index (χ2n) is 5.95. The van der Waals surface area contributed by atoms with E-state index in [0.29, 0.717) is 11.7 Å². The number of esters is 1. The maximum Gasteiger partial charge on any atom is 0.310 e. The maximum absolute atomic E-state index is 12.0. The SMILES string of the molecule is CCOc1ccc2nc(NC(=O)COC(=O)Cc3ccc(C)cc3)sc2c1. The highest BCUT2D eigenvalue weighted by atomic mass is 32.1. The van der Waals surface area contributed by atoms with Crippen LogP contribution in [-0.2, 0) is 20.7 Å². The summed E-state index contributed by atoms with van der Waals surface area (Å²) in [4.78, 5) is 28.2. The second kappa shape index (κ2) is 8.64. The van der Waals surface area contributed by atoms with Crippen molar-refractivity contribution in [2.24, 2.45) is 0 Å². The van der Waals surface area contributed by atoms with Crippen LogP contribution in [0.2, 0.25) is 0 Å². The first-order valence-electron chi connectivity index (χ1n) is 8.58. The summed E-state index contributed by atoms with van der Waals surface area (Å²) in [5.41, 5.74) is 2.74. The molecule has 3 aromatic rings. The van der Waals surface area contributed by atoms with Crippen LogP contribution in [0.5, 0.6) is 5.75 Å². The number of amides is 1. The Bertz CT molecular complexity index is 950. The van der Waals surface area contributed by atoms with Crippen LogP contribution < -0.4 is 10.1 Å². The van der Waals surface area contributed by atoms with Crippen LogP contribution in [0.3, 0.4) is 0 Å². The van der Waals surface area contributed by atoms with Crippen LogP contribution in [0, 0.1) is 6.92 Å². The van der Waals surface area contributed by atoms with Gasteiger partial charge in [-0.05, 0) is 37.6 Å². The molecular weight excluding hydrogens is 364 g/mol. The number of ether oxygens (including phenoxy) is 2. The van der Waals surface area contributed by atoms with Gasteiger partial charge >= 0.3 is 5.97 Å². The zero-order valence-corrected chi connectivity index (χ0v) is 16.0. The number of rotatable bonds is 7. The van der Waals surface area contributed by atoms with E-state index in [1.807, 2.05) is 56.3 Å². The number of carbonyl (C=O) groups is 2. The van der Waals surface area contributed by atoms with E-state index >= 15 is 0 Å². The quantitative estimate of drug-likeness (QED) is 0.628. The highest BCUT2D eigenvalue weighted by molar-refractivity contribution is 7.22. The minimum absolute atomic E-state index is 0.134. The normalized spacial score (nSPS) is 10.6. The lowest BCUT2D eigenvalue weighted by Gasteiger charge is -2.05. The number of benzene rings is 2. The molecule has 140 valence electrons. The molecule has 6 nitrogen and oxygen atoms in total. The largest absolute Gasteiger partial charge is 0.494 e. The maximum atomic E-state index is 12.0. The molecule has 7 heteroatoms. The van der Waals surface area contributed by atoms with E-state index in [1.54, 1.807) is 0 Å². The van der Waals surface area contributed by atoms with Gasteiger partial charge in [-0.1, -0.05) is 41.2 Å². The third-order valence-corrected chi connectivity index (χ3v) is 4.68. The Morgan fingerprint density at radius 2 is 1.93 bits per heavy atom. The number of nitrogens with one attached hydrogen (secondary N) is 1. The van der Waals surface area contributed by atoms with Crippen molar-refractivity contribution >= 4 is 38.6 Å². The first-order valence-corrected chi connectivity index (χ1v) is 9.39. The molecular formula is C20H20N2O4S. The molecule has 0 unspecified atom stereocenters. The Hall–Kier alpha value is -2.93. The number of fused-ring (bicyclic) bond motifs is 1. The number of aryl methyl sites for hydroxylation is 1. The molecule has 0 bridgehead atoms. The lowest BCUT2D eigenvalue weighted by molar-refractivity contribution is -0.146. The predicted molar refractivity (Wildman–Crippen MR) is 105 cm³/mol. The van der Waals surface area contributed by atoms with Gasteiger partial charge in [-0.25, -0.2) is 4.98 Å². The zero-order valence-electron chi connectivity index (χ0n) is 15.2. The molecule has 0 spiro atoms. The van der Waals surface area contributed by atoms with Gasteiger partial charge in [-0.3, -0.25) is 14.9 Å². The Kier molecular flexibility index (Phi) is 6.03. The molecule has 3 rings (SSSR count). The number of hydrogen-bond donors (Lipinski definition) is 1. The van der Waals surface area contributed by atoms with Crippen molar-refractivity contribution in [3.8, 4) is 5.75 Å². The molecule has 1 amide bonds. The van der Waals surface area contributed by atoms with Crippen LogP contribution >= 0.6 is 11.3 Å². The molecule has 0 aliphatic rings. The monoisotopic (exact) mass is 384 g/mol. The Balaban J connectivity index is 1.52. The van der Waals surface area contributed by atoms with Gasteiger partial charge in [-0.15, -0.1) is 0 Å². The number of anilines is 1. The zero-order chi connectivity index (χ0) is 19.2. The van der Waals surface area contributed by atoms with Gasteiger partial charge in [0.25, 0.3) is 5.91 Å². The highest BCUT2D eigenvalue weighted by Crippen LogP contribution is 2.29. The van der Waals surface area contributed by atoms with Crippen molar-refractivity contribution in [2.75, 3.05) is 18.5 Å². The lowest BCUT2D eigenvalue weighted by atomic mass is 10.1. The molecule has 0 fully saturated rings. The van der Waals surface area contributed by atoms with Crippen molar-refractivity contribution in [1.29, 1.82) is 0 Å². The standard InChI is InChI=1S/C20H20N2O4S/c1-3-25-15-8-9-16-17(11-15)27-20(21-16)22-18(23)12-26-19(24)10-14-6-4-13(2)5-7-14/h4-9,11H,3,10,12H2,1-2H3,(H,21,22,23). The summed E-state index contributed by atoms with van der Waals surface area (Å²) in [6.07, 6.45) is 0.134. The van der Waals surface area contributed by atoms with Crippen LogP contribution in [0.4, 0.5) is 5.13 Å². The summed E-state index contributed by atoms with van der Waals surface area (Å²) in [6.45, 7) is 4.14. The first kappa shape index (κ1) is 18.8. The van der Waals surface area contributed by atoms with E-state index < -0.39 is 11.9 Å². The van der Waals surface area contributed by atoms with Gasteiger partial charge < -0.3 is 9.47 Å². The minimum Gasteiger partial charge on any atom is -0.494 e. The van der Waals surface area contributed by atoms with E-state index in [9.17, 15) is 9.59 Å². The smallest absolute Gasteiger partial charge is 0.310 e. The summed E-state index contributed by atoms with van der Waals surface area (Å²) in [7, 11) is 0. The van der Waals surface area contributed by atoms with Crippen molar-refractivity contribution in [2.45, 2.75) is 20.3 Å². The third kappa shape index (κ3) is 5.27. The summed E-state index contributed by atoms with van der Waals surface area (Å²) < 4.78 is 11.4. The van der Waals surface area contributed by atoms with Crippen molar-refractivity contribution in [1.82, 2.24) is 4.98 Å². The minimum atomic E-state index is -0.445. The van der Waals surface area contributed by atoms with Crippen LogP contribution in [0.15, 0.2) is 42.5 Å². The molecule has 0 saturated heterocycles. The number of hydrogen-bond acceptors (Lipinski definition) is 6. The van der Waals surface area contributed by atoms with Crippen LogP contribution in [-0.4, -0.2) is 30.1 Å². The van der Waals surface area contributed by atoms with E-state index in [4.69, 9.17) is 9.47 Å². The van der Waals surface area contributed by atoms with E-state index in [-0.39, 0.29) is 13.0 Å². The molecule has 1 N–H and O–H groups in total. The third-order valence-electron chi connectivity index (χ3n) is 3.75. The van der Waals surface area contributed by atoms with E-state index in [0.717, 1.165) is 27.1 Å². The van der Waals surface area contributed by atoms with Gasteiger partial charge in [0.05, 0.1) is 23.2 Å². The summed E-state index contributed by atoms with van der Waals surface area (Å²) in [6, 6.07) is 13.2. The molecule has 2 aromatic carbocycles. The molecule has 1 heterocycles. The number of aromatic nitrogens is 1. The van der Waals surface area contributed by atoms with Gasteiger partial charge in [-0.2, -0.15) is 0 Å². The van der Waals surface area contributed by atoms with Crippen LogP contribution in [0.1, 0.15) is 18.1 Å². The van der Waals surface area contributed by atoms with Crippen molar-refractivity contribution in [3.63, 3.8) is 0 Å². The molecule has 1 aromatic heterocycles. The Morgan fingerprint density at radius 3 is 2.67 bits per heavy atom. The number of thiazole rings is 1. The number of nitrogens with zero attached hydrogens (tertiary/aromatic N) is 1. The average molecular weight is 384 g/mol. The average Bonchev–Trinajstić information content (AvgIpc) is 3.03. The fraction of sp³-hybridized carbons (Fsp3) is 0.250. The Morgan fingerprint density at radius 1 is 1.15 bits per heavy atom. The van der Waals surface area contributed by atoms with Crippen LogP contribution in [0.25, 0.3) is 10.2 Å². The fourth-order valence-corrected chi connectivity index (χ4v) is 3.35. The van der Waals surface area contributed by atoms with Gasteiger partial charge in [0, 0.05) is 0 Å². The summed E-state index contributed by atoms with van der Waals surface area (Å²) in [5, 5.41) is 3.12. The highest BCUT2D eigenvalue weighted by Gasteiger charge is 2.12. The van der Waals surface area contributed by atoms with Crippen molar-refractivity contribution < 1.29 is 19.1 Å². The van der Waals surface area contributed by atoms with Gasteiger partial charge in [0.15, 0.2) is 11.7 Å². The second-order valence-corrected chi connectivity index (χ2v) is 6.98. The summed E-state index contributed by atoms with van der Waals surface area (Å²) >= 11 is 1.34. The molecule has 0 aliphatic carbocycles. The van der Waals surface area contributed by atoms with Gasteiger partial charge in [0.1, 0.15) is 5.75 Å². The predicted octanol–water partition coefficient (Wildman–Crippen LogP) is 3.73. The van der Waals surface area contributed by atoms with Crippen molar-refractivity contribution in [3.05, 3.63) is 53.6 Å². The lowest BCUT2D eigenvalue weighted by Crippen LogP contribution is -2.21. The number of carbonyl (C=O) groups excluding carboxylic acids is 2. The van der Waals surface area contributed by atoms with Gasteiger partial charge in [0.2, 0.25) is 0 Å². The first-order chi connectivity index (χ1) is 13.0. The summed E-state index contributed by atoms with van der Waals surface area (Å²) in [5.74, 6) is -0.104. The van der Waals surface area contributed by atoms with E-state index in [1.165, 1.54) is 11.3 Å².